The molecule has 0 radical (unpaired) electrons. The lowest BCUT2D eigenvalue weighted by Crippen LogP contribution is -2.24. The predicted octanol–water partition coefficient (Wildman–Crippen LogP) is 1.01. The van der Waals surface area contributed by atoms with Gasteiger partial charge in [0.05, 0.1) is 24.2 Å². The van der Waals surface area contributed by atoms with Crippen molar-refractivity contribution in [3.63, 3.8) is 0 Å². The molecule has 0 bridgehead atoms. The molecule has 3 rings (SSSR count). The summed E-state index contributed by atoms with van der Waals surface area (Å²) >= 11 is 0. The molecule has 1 fully saturated rings. The van der Waals surface area contributed by atoms with Gasteiger partial charge in [0.25, 0.3) is 5.91 Å². The molecule has 1 atom stereocenters. The van der Waals surface area contributed by atoms with Gasteiger partial charge in [-0.3, -0.25) is 4.79 Å². The molecule has 0 aliphatic carbocycles. The molecule has 1 amide bonds. The lowest BCUT2D eigenvalue weighted by molar-refractivity contribution is 0.0950. The molecule has 2 heterocycles. The van der Waals surface area contributed by atoms with Gasteiger partial charge in [-0.15, -0.1) is 0 Å². The molecule has 1 aliphatic rings. The summed E-state index contributed by atoms with van der Waals surface area (Å²) in [5.41, 5.74) is 1.19. The van der Waals surface area contributed by atoms with Crippen LogP contribution < -0.4 is 15.4 Å². The predicted molar refractivity (Wildman–Crippen MR) is 96.9 cm³/mol. The molecule has 26 heavy (non-hydrogen) atoms. The highest BCUT2D eigenvalue weighted by Gasteiger charge is 2.28. The average Bonchev–Trinajstić information content (AvgIpc) is 2.99. The van der Waals surface area contributed by atoms with Crippen molar-refractivity contribution >= 4 is 21.7 Å². The minimum atomic E-state index is -2.97. The Kier molecular flexibility index (Phi) is 5.36. The van der Waals surface area contributed by atoms with Gasteiger partial charge in [-0.05, 0) is 12.5 Å². The number of ether oxygens (including phenoxy) is 1. The van der Waals surface area contributed by atoms with Crippen molar-refractivity contribution < 1.29 is 17.9 Å². The van der Waals surface area contributed by atoms with E-state index < -0.39 is 9.84 Å². The van der Waals surface area contributed by atoms with Gasteiger partial charge in [-0.1, -0.05) is 18.2 Å². The van der Waals surface area contributed by atoms with E-state index in [1.54, 1.807) is 7.11 Å². The monoisotopic (exact) mass is 376 g/mol. The zero-order chi connectivity index (χ0) is 18.6. The van der Waals surface area contributed by atoms with Gasteiger partial charge in [-0.25, -0.2) is 18.4 Å². The van der Waals surface area contributed by atoms with Gasteiger partial charge in [0.15, 0.2) is 9.84 Å². The normalized spacial score (nSPS) is 18.3. The molecule has 138 valence electrons. The first-order chi connectivity index (χ1) is 12.5. The van der Waals surface area contributed by atoms with Crippen LogP contribution in [0.15, 0.2) is 36.7 Å². The van der Waals surface area contributed by atoms with E-state index in [9.17, 15) is 13.2 Å². The van der Waals surface area contributed by atoms with Gasteiger partial charge >= 0.3 is 0 Å². The molecule has 0 spiro atoms. The Morgan fingerprint density at radius 3 is 2.65 bits per heavy atom. The third kappa shape index (κ3) is 4.48. The van der Waals surface area contributed by atoms with Crippen LogP contribution in [0.2, 0.25) is 0 Å². The van der Waals surface area contributed by atoms with Crippen LogP contribution in [-0.4, -0.2) is 49.0 Å². The Bertz CT molecular complexity index is 884. The summed E-state index contributed by atoms with van der Waals surface area (Å²) < 4.78 is 28.2. The number of para-hydroxylation sites is 1. The van der Waals surface area contributed by atoms with Crippen LogP contribution in [0.1, 0.15) is 22.3 Å². The summed E-state index contributed by atoms with van der Waals surface area (Å²) in [6.45, 7) is 0.322. The summed E-state index contributed by atoms with van der Waals surface area (Å²) in [6, 6.07) is 7.24. The second-order valence-electron chi connectivity index (χ2n) is 6.03. The standard InChI is InChI=1S/C17H20N4O4S/c1-25-15-5-3-2-4-12(15)8-18-16(22)13-9-19-17(20-10-13)21-14-6-7-26(23,24)11-14/h2-5,9-10,14H,6-8,11H2,1H3,(H,18,22)(H,19,20,21). The molecule has 9 heteroatoms. The number of carbonyl (C=O) groups excluding carboxylic acids is 1. The number of carbonyl (C=O) groups is 1. The molecule has 1 saturated heterocycles. The maximum atomic E-state index is 12.2. The number of methoxy groups -OCH3 is 1. The van der Waals surface area contributed by atoms with Crippen molar-refractivity contribution in [1.82, 2.24) is 15.3 Å². The third-order valence-electron chi connectivity index (χ3n) is 4.11. The fourth-order valence-corrected chi connectivity index (χ4v) is 4.41. The maximum absolute atomic E-state index is 12.2. The molecule has 1 aliphatic heterocycles. The number of amides is 1. The van der Waals surface area contributed by atoms with E-state index in [1.165, 1.54) is 12.4 Å². The fraction of sp³-hybridized carbons (Fsp3) is 0.353. The highest BCUT2D eigenvalue weighted by atomic mass is 32.2. The quantitative estimate of drug-likeness (QED) is 0.774. The van der Waals surface area contributed by atoms with Crippen LogP contribution in [-0.2, 0) is 16.4 Å². The van der Waals surface area contributed by atoms with Crippen molar-refractivity contribution in [3.05, 3.63) is 47.8 Å². The van der Waals surface area contributed by atoms with Crippen LogP contribution >= 0.6 is 0 Å². The smallest absolute Gasteiger partial charge is 0.254 e. The zero-order valence-electron chi connectivity index (χ0n) is 14.3. The van der Waals surface area contributed by atoms with Crippen LogP contribution in [0.5, 0.6) is 5.75 Å². The Morgan fingerprint density at radius 2 is 2.00 bits per heavy atom. The van der Waals surface area contributed by atoms with Crippen molar-refractivity contribution in [2.45, 2.75) is 19.0 Å². The van der Waals surface area contributed by atoms with E-state index in [0.717, 1.165) is 5.56 Å². The number of sulfone groups is 1. The second-order valence-corrected chi connectivity index (χ2v) is 8.26. The number of nitrogens with one attached hydrogen (secondary N) is 2. The number of hydrogen-bond acceptors (Lipinski definition) is 7. The van der Waals surface area contributed by atoms with E-state index in [4.69, 9.17) is 4.74 Å². The molecule has 2 N–H and O–H groups in total. The van der Waals surface area contributed by atoms with E-state index in [0.29, 0.717) is 30.2 Å². The number of aromatic nitrogens is 2. The average molecular weight is 376 g/mol. The summed E-state index contributed by atoms with van der Waals surface area (Å²) in [7, 11) is -1.39. The molecule has 1 unspecified atom stereocenters. The number of nitrogens with zero attached hydrogens (tertiary/aromatic N) is 2. The number of anilines is 1. The topological polar surface area (TPSA) is 110 Å². The minimum Gasteiger partial charge on any atom is -0.496 e. The van der Waals surface area contributed by atoms with E-state index in [2.05, 4.69) is 20.6 Å². The van der Waals surface area contributed by atoms with Gasteiger partial charge in [0.2, 0.25) is 5.95 Å². The second kappa shape index (κ2) is 7.69. The maximum Gasteiger partial charge on any atom is 0.254 e. The van der Waals surface area contributed by atoms with Crippen LogP contribution in [0, 0.1) is 0 Å². The van der Waals surface area contributed by atoms with Crippen molar-refractivity contribution in [3.8, 4) is 5.75 Å². The summed E-state index contributed by atoms with van der Waals surface area (Å²) in [5.74, 6) is 0.973. The molecule has 8 nitrogen and oxygen atoms in total. The Hall–Kier alpha value is -2.68. The third-order valence-corrected chi connectivity index (χ3v) is 5.88. The van der Waals surface area contributed by atoms with Gasteiger partial charge in [0, 0.05) is 30.5 Å². The van der Waals surface area contributed by atoms with Crippen LogP contribution in [0.25, 0.3) is 0 Å². The number of rotatable bonds is 6. The molecule has 2 aromatic rings. The molecular weight excluding hydrogens is 356 g/mol. The van der Waals surface area contributed by atoms with Crippen molar-refractivity contribution in [2.24, 2.45) is 0 Å². The first kappa shape index (κ1) is 18.1. The Balaban J connectivity index is 1.57. The summed E-state index contributed by atoms with van der Waals surface area (Å²) in [6.07, 6.45) is 3.36. The van der Waals surface area contributed by atoms with Crippen molar-refractivity contribution in [2.75, 3.05) is 23.9 Å². The van der Waals surface area contributed by atoms with Gasteiger partial charge in [0.1, 0.15) is 5.75 Å². The first-order valence-electron chi connectivity index (χ1n) is 8.16. The number of benzene rings is 1. The Morgan fingerprint density at radius 1 is 1.27 bits per heavy atom. The highest BCUT2D eigenvalue weighted by molar-refractivity contribution is 7.91. The molecular formula is C17H20N4O4S. The summed E-state index contributed by atoms with van der Waals surface area (Å²) in [5, 5.41) is 5.78. The van der Waals surface area contributed by atoms with Crippen molar-refractivity contribution in [1.29, 1.82) is 0 Å². The Labute approximate surface area is 151 Å². The lowest BCUT2D eigenvalue weighted by Gasteiger charge is -2.11. The van der Waals surface area contributed by atoms with Gasteiger partial charge in [-0.2, -0.15) is 0 Å². The highest BCUT2D eigenvalue weighted by Crippen LogP contribution is 2.17. The van der Waals surface area contributed by atoms with Gasteiger partial charge < -0.3 is 15.4 Å². The van der Waals surface area contributed by atoms with E-state index in [1.807, 2.05) is 24.3 Å². The largest absolute Gasteiger partial charge is 0.496 e. The first-order valence-corrected chi connectivity index (χ1v) is 9.98. The van der Waals surface area contributed by atoms with E-state index in [-0.39, 0.29) is 23.5 Å². The van der Waals surface area contributed by atoms with Crippen LogP contribution in [0.3, 0.4) is 0 Å². The fourth-order valence-electron chi connectivity index (χ4n) is 2.74. The zero-order valence-corrected chi connectivity index (χ0v) is 15.1. The molecule has 1 aromatic carbocycles. The number of hydrogen-bond donors (Lipinski definition) is 2. The molecule has 1 aromatic heterocycles. The molecule has 0 saturated carbocycles. The SMILES string of the molecule is COc1ccccc1CNC(=O)c1cnc(NC2CCS(=O)(=O)C2)nc1. The minimum absolute atomic E-state index is 0.0809. The lowest BCUT2D eigenvalue weighted by atomic mass is 10.2. The van der Waals surface area contributed by atoms with E-state index >= 15 is 0 Å². The van der Waals surface area contributed by atoms with Crippen LogP contribution in [0.4, 0.5) is 5.95 Å². The summed E-state index contributed by atoms with van der Waals surface area (Å²) in [4.78, 5) is 20.4.